The molecule has 0 aromatic heterocycles. The van der Waals surface area contributed by atoms with Crippen molar-refractivity contribution in [1.82, 2.24) is 5.32 Å². The van der Waals surface area contributed by atoms with Gasteiger partial charge >= 0.3 is 5.97 Å². The minimum absolute atomic E-state index is 0.168. The van der Waals surface area contributed by atoms with Crippen LogP contribution in [0.4, 0.5) is 0 Å². The molecule has 0 bridgehead atoms. The number of para-hydroxylation sites is 1. The molecule has 0 spiro atoms. The Morgan fingerprint density at radius 1 is 1.29 bits per heavy atom. The van der Waals surface area contributed by atoms with Gasteiger partial charge in [0.25, 0.3) is 0 Å². The highest BCUT2D eigenvalue weighted by molar-refractivity contribution is 5.70. The molecule has 1 saturated carbocycles. The maximum atomic E-state index is 11.1. The summed E-state index contributed by atoms with van der Waals surface area (Å²) in [5, 5.41) is 12.8. The molecule has 1 fully saturated rings. The number of aliphatic carboxylic acids is 1. The molecule has 1 heterocycles. The van der Waals surface area contributed by atoms with Crippen LogP contribution in [-0.4, -0.2) is 30.3 Å². The number of nitrogens with one attached hydrogen (secondary N) is 1. The summed E-state index contributed by atoms with van der Waals surface area (Å²) >= 11 is 0. The van der Waals surface area contributed by atoms with Crippen LogP contribution in [0.2, 0.25) is 0 Å². The van der Waals surface area contributed by atoms with E-state index in [4.69, 9.17) is 9.84 Å². The number of carboxylic acid groups (broad SMARTS) is 1. The van der Waals surface area contributed by atoms with Crippen molar-refractivity contribution in [3.63, 3.8) is 0 Å². The van der Waals surface area contributed by atoms with Crippen LogP contribution in [0.3, 0.4) is 0 Å². The normalized spacial score (nSPS) is 28.5. The lowest BCUT2D eigenvalue weighted by molar-refractivity contribution is -0.143. The van der Waals surface area contributed by atoms with Crippen LogP contribution in [0.5, 0.6) is 5.75 Å². The minimum Gasteiger partial charge on any atom is -0.493 e. The highest BCUT2D eigenvalue weighted by atomic mass is 16.5. The summed E-state index contributed by atoms with van der Waals surface area (Å²) in [6, 6.07) is 8.58. The number of hydrogen-bond donors (Lipinski definition) is 2. The summed E-state index contributed by atoms with van der Waals surface area (Å²) in [6.45, 7) is 1.68. The molecular formula is C17H23NO3. The maximum absolute atomic E-state index is 11.1. The fourth-order valence-corrected chi connectivity index (χ4v) is 3.54. The number of carbonyl (C=O) groups is 1. The summed E-state index contributed by atoms with van der Waals surface area (Å²) in [4.78, 5) is 11.1. The largest absolute Gasteiger partial charge is 0.493 e. The lowest BCUT2D eigenvalue weighted by Crippen LogP contribution is -2.39. The Morgan fingerprint density at radius 2 is 2.14 bits per heavy atom. The number of rotatable bonds is 4. The number of fused-ring (bicyclic) bond motifs is 1. The van der Waals surface area contributed by atoms with Gasteiger partial charge in [0, 0.05) is 18.5 Å². The molecule has 4 heteroatoms. The van der Waals surface area contributed by atoms with Gasteiger partial charge in [-0.05, 0) is 37.3 Å². The molecule has 1 aliphatic heterocycles. The van der Waals surface area contributed by atoms with E-state index >= 15 is 0 Å². The Kier molecular flexibility index (Phi) is 4.44. The lowest BCUT2D eigenvalue weighted by atomic mass is 9.85. The Bertz CT molecular complexity index is 503. The van der Waals surface area contributed by atoms with Crippen molar-refractivity contribution in [2.75, 3.05) is 13.2 Å². The molecule has 3 unspecified atom stereocenters. The second kappa shape index (κ2) is 6.48. The summed E-state index contributed by atoms with van der Waals surface area (Å²) in [5.74, 6) is 0.666. The maximum Gasteiger partial charge on any atom is 0.306 e. The predicted molar refractivity (Wildman–Crippen MR) is 80.7 cm³/mol. The molecule has 0 radical (unpaired) electrons. The van der Waals surface area contributed by atoms with Crippen LogP contribution in [0.1, 0.15) is 43.6 Å². The molecule has 1 aromatic carbocycles. The van der Waals surface area contributed by atoms with Gasteiger partial charge in [-0.15, -0.1) is 0 Å². The van der Waals surface area contributed by atoms with E-state index in [0.717, 1.165) is 51.0 Å². The monoisotopic (exact) mass is 289 g/mol. The first-order chi connectivity index (χ1) is 10.2. The first-order valence-corrected chi connectivity index (χ1v) is 7.92. The fourth-order valence-electron chi connectivity index (χ4n) is 3.54. The van der Waals surface area contributed by atoms with Crippen molar-refractivity contribution < 1.29 is 14.6 Å². The number of hydrogen-bond acceptors (Lipinski definition) is 3. The summed E-state index contributed by atoms with van der Waals surface area (Å²) < 4.78 is 5.69. The molecule has 2 N–H and O–H groups in total. The van der Waals surface area contributed by atoms with Crippen molar-refractivity contribution in [1.29, 1.82) is 0 Å². The van der Waals surface area contributed by atoms with E-state index < -0.39 is 5.97 Å². The van der Waals surface area contributed by atoms with Crippen molar-refractivity contribution in [2.45, 2.75) is 44.1 Å². The molecule has 4 nitrogen and oxygen atoms in total. The van der Waals surface area contributed by atoms with E-state index in [2.05, 4.69) is 17.4 Å². The van der Waals surface area contributed by atoms with E-state index in [0.29, 0.717) is 12.0 Å². The topological polar surface area (TPSA) is 58.6 Å². The average molecular weight is 289 g/mol. The van der Waals surface area contributed by atoms with Gasteiger partial charge in [-0.1, -0.05) is 24.6 Å². The Labute approximate surface area is 125 Å². The second-order valence-electron chi connectivity index (χ2n) is 6.18. The number of benzene rings is 1. The van der Waals surface area contributed by atoms with E-state index in [1.54, 1.807) is 0 Å². The Morgan fingerprint density at radius 3 is 3.00 bits per heavy atom. The van der Waals surface area contributed by atoms with Crippen LogP contribution in [0, 0.1) is 5.92 Å². The SMILES string of the molecule is O=C(O)C1CCCC(NCC2CCOc3ccccc32)C1. The average Bonchev–Trinajstić information content (AvgIpc) is 2.53. The third kappa shape index (κ3) is 3.38. The molecule has 2 aliphatic rings. The van der Waals surface area contributed by atoms with Crippen LogP contribution in [-0.2, 0) is 4.79 Å². The first kappa shape index (κ1) is 14.4. The zero-order valence-corrected chi connectivity index (χ0v) is 12.3. The van der Waals surface area contributed by atoms with E-state index in [9.17, 15) is 4.79 Å². The van der Waals surface area contributed by atoms with Crippen LogP contribution >= 0.6 is 0 Å². The summed E-state index contributed by atoms with van der Waals surface area (Å²) in [5.41, 5.74) is 1.28. The molecule has 0 saturated heterocycles. The molecule has 21 heavy (non-hydrogen) atoms. The lowest BCUT2D eigenvalue weighted by Gasteiger charge is -2.31. The predicted octanol–water partition coefficient (Wildman–Crippen LogP) is 2.79. The van der Waals surface area contributed by atoms with Gasteiger partial charge in [-0.25, -0.2) is 0 Å². The van der Waals surface area contributed by atoms with Gasteiger partial charge in [-0.3, -0.25) is 4.79 Å². The van der Waals surface area contributed by atoms with Gasteiger partial charge in [0.1, 0.15) is 5.75 Å². The van der Waals surface area contributed by atoms with Crippen LogP contribution in [0.25, 0.3) is 0 Å². The van der Waals surface area contributed by atoms with Crippen molar-refractivity contribution >= 4 is 5.97 Å². The third-order valence-corrected chi connectivity index (χ3v) is 4.76. The van der Waals surface area contributed by atoms with Crippen molar-refractivity contribution in [2.24, 2.45) is 5.92 Å². The minimum atomic E-state index is -0.641. The second-order valence-corrected chi connectivity index (χ2v) is 6.18. The molecule has 1 aromatic rings. The molecule has 114 valence electrons. The third-order valence-electron chi connectivity index (χ3n) is 4.76. The molecule has 1 aliphatic carbocycles. The zero-order valence-electron chi connectivity index (χ0n) is 12.3. The van der Waals surface area contributed by atoms with Crippen LogP contribution < -0.4 is 10.1 Å². The fraction of sp³-hybridized carbons (Fsp3) is 0.588. The molecule has 3 rings (SSSR count). The van der Waals surface area contributed by atoms with Gasteiger partial charge in [0.05, 0.1) is 12.5 Å². The molecule has 0 amide bonds. The molecule has 3 atom stereocenters. The first-order valence-electron chi connectivity index (χ1n) is 7.92. The standard InChI is InChI=1S/C17H23NO3/c19-17(20)12-4-3-5-14(10-12)18-11-13-8-9-21-16-7-2-1-6-15(13)16/h1-2,6-7,12-14,18H,3-5,8-11H2,(H,19,20). The van der Waals surface area contributed by atoms with Gasteiger partial charge in [0.15, 0.2) is 0 Å². The summed E-state index contributed by atoms with van der Waals surface area (Å²) in [7, 11) is 0. The van der Waals surface area contributed by atoms with Gasteiger partial charge in [-0.2, -0.15) is 0 Å². The van der Waals surface area contributed by atoms with E-state index in [1.807, 2.05) is 12.1 Å². The Hall–Kier alpha value is -1.55. The van der Waals surface area contributed by atoms with Crippen LogP contribution in [0.15, 0.2) is 24.3 Å². The zero-order chi connectivity index (χ0) is 14.7. The van der Waals surface area contributed by atoms with Gasteiger partial charge < -0.3 is 15.2 Å². The van der Waals surface area contributed by atoms with Crippen molar-refractivity contribution in [3.05, 3.63) is 29.8 Å². The smallest absolute Gasteiger partial charge is 0.306 e. The quantitative estimate of drug-likeness (QED) is 0.895. The summed E-state index contributed by atoms with van der Waals surface area (Å²) in [6.07, 6.45) is 4.72. The van der Waals surface area contributed by atoms with E-state index in [-0.39, 0.29) is 5.92 Å². The molecular weight excluding hydrogens is 266 g/mol. The van der Waals surface area contributed by atoms with Gasteiger partial charge in [0.2, 0.25) is 0 Å². The number of carboxylic acids is 1. The van der Waals surface area contributed by atoms with E-state index in [1.165, 1.54) is 5.56 Å². The Balaban J connectivity index is 1.57. The number of ether oxygens (including phenoxy) is 1. The van der Waals surface area contributed by atoms with Crippen molar-refractivity contribution in [3.8, 4) is 5.75 Å². The highest BCUT2D eigenvalue weighted by Gasteiger charge is 2.28. The highest BCUT2D eigenvalue weighted by Crippen LogP contribution is 2.33.